The smallest absolute Gasteiger partial charge is 0.270 e. The first-order valence-electron chi connectivity index (χ1n) is 6.68. The number of carbonyl (C=O) groups is 1. The minimum absolute atomic E-state index is 0.198. The third-order valence-electron chi connectivity index (χ3n) is 3.07. The fourth-order valence-corrected chi connectivity index (χ4v) is 2.69. The number of thiazole rings is 1. The summed E-state index contributed by atoms with van der Waals surface area (Å²) in [5.74, 6) is -0.198. The molecule has 2 aromatic heterocycles. The Bertz CT molecular complexity index is 649. The number of pyridine rings is 1. The molecule has 6 heteroatoms. The lowest BCUT2D eigenvalue weighted by Gasteiger charge is -2.23. The molecule has 0 spiro atoms. The van der Waals surface area contributed by atoms with Crippen LogP contribution in [0.4, 0.5) is 5.69 Å². The Balaban J connectivity index is 2.19. The van der Waals surface area contributed by atoms with Crippen LogP contribution in [0.2, 0.25) is 0 Å². The van der Waals surface area contributed by atoms with Crippen molar-refractivity contribution in [3.8, 4) is 0 Å². The van der Waals surface area contributed by atoms with E-state index in [-0.39, 0.29) is 5.91 Å². The maximum atomic E-state index is 12.4. The van der Waals surface area contributed by atoms with Crippen molar-refractivity contribution in [1.82, 2.24) is 15.3 Å². The second-order valence-electron chi connectivity index (χ2n) is 5.65. The van der Waals surface area contributed by atoms with Crippen molar-refractivity contribution < 1.29 is 4.79 Å². The molecule has 112 valence electrons. The van der Waals surface area contributed by atoms with Crippen molar-refractivity contribution in [1.29, 1.82) is 0 Å². The average molecular weight is 304 g/mol. The van der Waals surface area contributed by atoms with Crippen molar-refractivity contribution in [2.45, 2.75) is 26.3 Å². The first kappa shape index (κ1) is 15.4. The Labute approximate surface area is 129 Å². The van der Waals surface area contributed by atoms with Gasteiger partial charge in [-0.1, -0.05) is 0 Å². The van der Waals surface area contributed by atoms with Crippen molar-refractivity contribution in [3.05, 3.63) is 40.1 Å². The number of anilines is 1. The minimum Gasteiger partial charge on any atom is -0.378 e. The summed E-state index contributed by atoms with van der Waals surface area (Å²) in [6.45, 7) is 5.89. The van der Waals surface area contributed by atoms with Crippen LogP contribution in [-0.2, 0) is 5.54 Å². The number of aryl methyl sites for hydroxylation is 1. The average Bonchev–Trinajstić information content (AvgIpc) is 2.86. The van der Waals surface area contributed by atoms with E-state index in [9.17, 15) is 4.79 Å². The van der Waals surface area contributed by atoms with Gasteiger partial charge in [0.15, 0.2) is 0 Å². The highest BCUT2D eigenvalue weighted by atomic mass is 32.1. The van der Waals surface area contributed by atoms with E-state index in [4.69, 9.17) is 0 Å². The highest BCUT2D eigenvalue weighted by molar-refractivity contribution is 7.11. The van der Waals surface area contributed by atoms with Gasteiger partial charge in [-0.2, -0.15) is 0 Å². The molecule has 0 radical (unpaired) electrons. The zero-order chi connectivity index (χ0) is 15.6. The number of amides is 1. The normalized spacial score (nSPS) is 11.3. The number of aromatic nitrogens is 2. The monoisotopic (exact) mass is 304 g/mol. The number of hydrogen-bond donors (Lipinski definition) is 1. The van der Waals surface area contributed by atoms with E-state index in [0.29, 0.717) is 5.69 Å². The van der Waals surface area contributed by atoms with E-state index in [1.165, 1.54) is 0 Å². The molecule has 0 fully saturated rings. The van der Waals surface area contributed by atoms with Crippen molar-refractivity contribution >= 4 is 22.9 Å². The van der Waals surface area contributed by atoms with E-state index in [0.717, 1.165) is 15.6 Å². The van der Waals surface area contributed by atoms with Crippen LogP contribution >= 0.6 is 11.3 Å². The van der Waals surface area contributed by atoms with Gasteiger partial charge in [0.1, 0.15) is 10.7 Å². The summed E-state index contributed by atoms with van der Waals surface area (Å²) in [5.41, 5.74) is 0.826. The summed E-state index contributed by atoms with van der Waals surface area (Å²) < 4.78 is 0. The molecule has 5 nitrogen and oxygen atoms in total. The van der Waals surface area contributed by atoms with Crippen molar-refractivity contribution in [3.63, 3.8) is 0 Å². The zero-order valence-electron chi connectivity index (χ0n) is 13.0. The molecule has 0 atom stereocenters. The van der Waals surface area contributed by atoms with Crippen LogP contribution in [0.15, 0.2) is 24.5 Å². The molecule has 0 aromatic carbocycles. The molecule has 0 unspecified atom stereocenters. The summed E-state index contributed by atoms with van der Waals surface area (Å²) in [5, 5.41) is 3.88. The molecule has 0 bridgehead atoms. The maximum absolute atomic E-state index is 12.4. The quantitative estimate of drug-likeness (QED) is 0.943. The molecule has 2 rings (SSSR count). The largest absolute Gasteiger partial charge is 0.378 e. The van der Waals surface area contributed by atoms with Gasteiger partial charge in [-0.3, -0.25) is 9.78 Å². The molecular formula is C15H20N4OS. The highest BCUT2D eigenvalue weighted by Gasteiger charge is 2.27. The second kappa shape index (κ2) is 5.81. The standard InChI is InChI=1S/C15H20N4OS/c1-10-9-17-14(21-10)15(2,3)18-13(20)12-8-11(19(4)5)6-7-16-12/h6-9H,1-5H3,(H,18,20). The Morgan fingerprint density at radius 2 is 2.05 bits per heavy atom. The van der Waals surface area contributed by atoms with Gasteiger partial charge in [-0.15, -0.1) is 11.3 Å². The Morgan fingerprint density at radius 1 is 1.33 bits per heavy atom. The van der Waals surface area contributed by atoms with Gasteiger partial charge in [0, 0.05) is 37.1 Å². The molecule has 0 aliphatic rings. The van der Waals surface area contributed by atoms with E-state index >= 15 is 0 Å². The summed E-state index contributed by atoms with van der Waals surface area (Å²) in [6.07, 6.45) is 3.46. The van der Waals surface area contributed by atoms with Gasteiger partial charge in [-0.25, -0.2) is 4.98 Å². The number of hydrogen-bond acceptors (Lipinski definition) is 5. The first-order chi connectivity index (χ1) is 9.79. The maximum Gasteiger partial charge on any atom is 0.270 e. The van der Waals surface area contributed by atoms with Gasteiger partial charge >= 0.3 is 0 Å². The van der Waals surface area contributed by atoms with Crippen LogP contribution in [0.3, 0.4) is 0 Å². The van der Waals surface area contributed by atoms with Gasteiger partial charge < -0.3 is 10.2 Å². The zero-order valence-corrected chi connectivity index (χ0v) is 13.8. The van der Waals surface area contributed by atoms with Gasteiger partial charge in [0.25, 0.3) is 5.91 Å². The number of nitrogens with one attached hydrogen (secondary N) is 1. The summed E-state index contributed by atoms with van der Waals surface area (Å²) in [6, 6.07) is 3.64. The molecule has 0 aliphatic carbocycles. The molecular weight excluding hydrogens is 284 g/mol. The van der Waals surface area contributed by atoms with E-state index < -0.39 is 5.54 Å². The lowest BCUT2D eigenvalue weighted by Crippen LogP contribution is -2.41. The van der Waals surface area contributed by atoms with Crippen LogP contribution < -0.4 is 10.2 Å². The lowest BCUT2D eigenvalue weighted by atomic mass is 10.1. The van der Waals surface area contributed by atoms with Gasteiger partial charge in [0.2, 0.25) is 0 Å². The van der Waals surface area contributed by atoms with E-state index in [2.05, 4.69) is 15.3 Å². The molecule has 2 aromatic rings. The molecule has 0 saturated heterocycles. The molecule has 0 aliphatic heterocycles. The summed E-state index contributed by atoms with van der Waals surface area (Å²) >= 11 is 1.59. The second-order valence-corrected chi connectivity index (χ2v) is 6.88. The number of rotatable bonds is 4. The Morgan fingerprint density at radius 3 is 2.62 bits per heavy atom. The summed E-state index contributed by atoms with van der Waals surface area (Å²) in [7, 11) is 3.86. The first-order valence-corrected chi connectivity index (χ1v) is 7.50. The molecule has 1 amide bonds. The van der Waals surface area contributed by atoms with Crippen LogP contribution in [0.1, 0.15) is 34.2 Å². The van der Waals surface area contributed by atoms with Crippen molar-refractivity contribution in [2.24, 2.45) is 0 Å². The number of nitrogens with zero attached hydrogens (tertiary/aromatic N) is 3. The third-order valence-corrected chi connectivity index (χ3v) is 4.31. The van der Waals surface area contributed by atoms with Gasteiger partial charge in [-0.05, 0) is 32.9 Å². The molecule has 0 saturated carbocycles. The highest BCUT2D eigenvalue weighted by Crippen LogP contribution is 2.25. The van der Waals surface area contributed by atoms with Crippen LogP contribution in [0, 0.1) is 6.92 Å². The van der Waals surface area contributed by atoms with Crippen LogP contribution in [-0.4, -0.2) is 30.0 Å². The lowest BCUT2D eigenvalue weighted by molar-refractivity contribution is 0.0907. The Hall–Kier alpha value is -1.95. The fourth-order valence-electron chi connectivity index (χ4n) is 1.87. The topological polar surface area (TPSA) is 58.1 Å². The predicted molar refractivity (Wildman–Crippen MR) is 85.9 cm³/mol. The Kier molecular flexibility index (Phi) is 4.27. The molecule has 1 N–H and O–H groups in total. The van der Waals surface area contributed by atoms with Crippen molar-refractivity contribution in [2.75, 3.05) is 19.0 Å². The third kappa shape index (κ3) is 3.58. The molecule has 21 heavy (non-hydrogen) atoms. The minimum atomic E-state index is -0.522. The number of carbonyl (C=O) groups excluding carboxylic acids is 1. The van der Waals surface area contributed by atoms with Crippen LogP contribution in [0.25, 0.3) is 0 Å². The summed E-state index contributed by atoms with van der Waals surface area (Å²) in [4.78, 5) is 24.0. The fraction of sp³-hybridized carbons (Fsp3) is 0.400. The van der Waals surface area contributed by atoms with E-state index in [1.54, 1.807) is 23.6 Å². The van der Waals surface area contributed by atoms with Crippen LogP contribution in [0.5, 0.6) is 0 Å². The van der Waals surface area contributed by atoms with E-state index in [1.807, 2.05) is 52.0 Å². The SMILES string of the molecule is Cc1cnc(C(C)(C)NC(=O)c2cc(N(C)C)ccn2)s1. The van der Waals surface area contributed by atoms with Gasteiger partial charge in [0.05, 0.1) is 5.54 Å². The molecule has 2 heterocycles. The predicted octanol–water partition coefficient (Wildman–Crippen LogP) is 2.58.